The van der Waals surface area contributed by atoms with Gasteiger partial charge in [-0.15, -0.1) is 0 Å². The van der Waals surface area contributed by atoms with Gasteiger partial charge in [-0.05, 0) is 68.5 Å². The lowest BCUT2D eigenvalue weighted by Gasteiger charge is -2.19. The number of pyridine rings is 1. The van der Waals surface area contributed by atoms with Crippen LogP contribution in [-0.4, -0.2) is 49.6 Å². The second-order valence-corrected chi connectivity index (χ2v) is 8.82. The van der Waals surface area contributed by atoms with Crippen molar-refractivity contribution in [1.82, 2.24) is 9.88 Å². The molecule has 6 nitrogen and oxygen atoms in total. The van der Waals surface area contributed by atoms with E-state index in [1.807, 2.05) is 13.0 Å². The van der Waals surface area contributed by atoms with Crippen molar-refractivity contribution >= 4 is 37.6 Å². The molecule has 2 rings (SSSR count). The average molecular weight is 480 g/mol. The Morgan fingerprint density at radius 1 is 1.30 bits per heavy atom. The Bertz CT molecular complexity index is 830. The summed E-state index contributed by atoms with van der Waals surface area (Å²) in [5, 5.41) is 0.453. The Hall–Kier alpha value is -1.19. The quantitative estimate of drug-likeness (QED) is 0.487. The van der Waals surface area contributed by atoms with Crippen molar-refractivity contribution in [3.8, 4) is 5.75 Å². The number of aryl methyl sites for hydroxylation is 1. The first-order chi connectivity index (χ1) is 12.5. The summed E-state index contributed by atoms with van der Waals surface area (Å²) in [4.78, 5) is 6.09. The third-order valence-corrected chi connectivity index (χ3v) is 5.78. The summed E-state index contributed by atoms with van der Waals surface area (Å²) in [6.45, 7) is 4.68. The number of nitrogens with zero attached hydrogens (tertiary/aromatic N) is 2. The van der Waals surface area contributed by atoms with Crippen molar-refractivity contribution in [3.63, 3.8) is 0 Å². The summed E-state index contributed by atoms with van der Waals surface area (Å²) < 4.78 is 35.9. The minimum Gasteiger partial charge on any atom is -0.492 e. The fourth-order valence-electron chi connectivity index (χ4n) is 1.80. The van der Waals surface area contributed by atoms with E-state index >= 15 is 0 Å². The molecule has 9 heteroatoms. The molecule has 1 heterocycles. The molecule has 0 radical (unpaired) electrons. The minimum atomic E-state index is -4.02. The summed E-state index contributed by atoms with van der Waals surface area (Å²) >= 11 is 9.09. The highest BCUT2D eigenvalue weighted by molar-refractivity contribution is 9.10. The largest absolute Gasteiger partial charge is 0.492 e. The van der Waals surface area contributed by atoms with Gasteiger partial charge in [0.2, 0.25) is 0 Å². The molecule has 0 fully saturated rings. The van der Waals surface area contributed by atoms with Crippen molar-refractivity contribution in [2.75, 3.05) is 20.7 Å². The number of hydrogen-bond acceptors (Lipinski definition) is 5. The van der Waals surface area contributed by atoms with Gasteiger partial charge in [-0.3, -0.25) is 4.55 Å². The van der Waals surface area contributed by atoms with E-state index in [9.17, 15) is 8.42 Å². The predicted molar refractivity (Wildman–Crippen MR) is 111 cm³/mol. The Labute approximate surface area is 174 Å². The van der Waals surface area contributed by atoms with E-state index in [4.69, 9.17) is 20.9 Å². The number of halogens is 2. The van der Waals surface area contributed by atoms with Crippen LogP contribution in [0.4, 0.5) is 0 Å². The highest BCUT2D eigenvalue weighted by Gasteiger charge is 2.07. The molecule has 0 aliphatic carbocycles. The van der Waals surface area contributed by atoms with E-state index < -0.39 is 10.1 Å². The third-order valence-electron chi connectivity index (χ3n) is 3.78. The molecule has 1 aromatic heterocycles. The lowest BCUT2D eigenvalue weighted by molar-refractivity contribution is 0.233. The van der Waals surface area contributed by atoms with Crippen molar-refractivity contribution in [1.29, 1.82) is 0 Å². The smallest absolute Gasteiger partial charge is 0.294 e. The fourth-order valence-corrected chi connectivity index (χ4v) is 2.71. The van der Waals surface area contributed by atoms with E-state index in [2.05, 4.69) is 46.8 Å². The minimum absolute atomic E-state index is 0.0666. The zero-order valence-electron chi connectivity index (χ0n) is 15.7. The normalized spacial score (nSPS) is 12.3. The van der Waals surface area contributed by atoms with E-state index in [1.54, 1.807) is 18.3 Å². The summed E-state index contributed by atoms with van der Waals surface area (Å²) in [7, 11) is 0.102. The summed E-state index contributed by atoms with van der Waals surface area (Å²) in [5.74, 6) is 0.738. The molecular formula is C18H24BrClN2O4S. The average Bonchev–Trinajstić information content (AvgIpc) is 2.58. The second-order valence-electron chi connectivity index (χ2n) is 6.18. The molecule has 1 unspecified atom stereocenters. The highest BCUT2D eigenvalue weighted by atomic mass is 79.9. The van der Waals surface area contributed by atoms with Crippen LogP contribution in [0.5, 0.6) is 5.75 Å². The van der Waals surface area contributed by atoms with Gasteiger partial charge in [-0.1, -0.05) is 29.3 Å². The summed E-state index contributed by atoms with van der Waals surface area (Å²) in [5.41, 5.74) is 0.956. The van der Waals surface area contributed by atoms with Crippen LogP contribution in [0, 0.1) is 6.92 Å². The first-order valence-corrected chi connectivity index (χ1v) is 10.8. The molecule has 27 heavy (non-hydrogen) atoms. The van der Waals surface area contributed by atoms with Crippen molar-refractivity contribution < 1.29 is 17.7 Å². The molecule has 1 N–H and O–H groups in total. The first kappa shape index (κ1) is 23.8. The van der Waals surface area contributed by atoms with Crippen LogP contribution in [0.2, 0.25) is 5.15 Å². The molecule has 0 aliphatic heterocycles. The molecule has 0 bridgehead atoms. The Morgan fingerprint density at radius 2 is 1.89 bits per heavy atom. The van der Waals surface area contributed by atoms with E-state index in [0.29, 0.717) is 17.8 Å². The van der Waals surface area contributed by atoms with Gasteiger partial charge < -0.3 is 9.64 Å². The van der Waals surface area contributed by atoms with Gasteiger partial charge in [0.25, 0.3) is 10.1 Å². The van der Waals surface area contributed by atoms with Crippen LogP contribution in [0.1, 0.15) is 18.9 Å². The topological polar surface area (TPSA) is 79.7 Å². The maximum atomic E-state index is 10.5. The molecule has 0 saturated heterocycles. The monoisotopic (exact) mass is 478 g/mol. The molecule has 0 spiro atoms. The molecule has 0 aliphatic rings. The van der Waals surface area contributed by atoms with Gasteiger partial charge in [0, 0.05) is 6.04 Å². The van der Waals surface area contributed by atoms with Gasteiger partial charge in [0.1, 0.15) is 10.9 Å². The second kappa shape index (κ2) is 11.0. The lowest BCUT2D eigenvalue weighted by atomic mass is 10.2. The van der Waals surface area contributed by atoms with Gasteiger partial charge >= 0.3 is 0 Å². The van der Waals surface area contributed by atoms with Crippen LogP contribution in [-0.2, 0) is 10.1 Å². The number of rotatable bonds is 6. The molecule has 1 atom stereocenters. The first-order valence-electron chi connectivity index (χ1n) is 8.15. The van der Waals surface area contributed by atoms with Gasteiger partial charge in [-0.2, -0.15) is 8.42 Å². The summed E-state index contributed by atoms with van der Waals surface area (Å²) in [6, 6.07) is 8.32. The zero-order valence-corrected chi connectivity index (χ0v) is 18.8. The maximum Gasteiger partial charge on any atom is 0.294 e. The number of aromatic nitrogens is 1. The Kier molecular flexibility index (Phi) is 9.69. The van der Waals surface area contributed by atoms with E-state index in [0.717, 1.165) is 22.2 Å². The molecular weight excluding hydrogens is 456 g/mol. The number of benzene rings is 1. The van der Waals surface area contributed by atoms with E-state index in [1.165, 1.54) is 12.1 Å². The standard InChI is InChI=1S/C11H16BrClN2O.C7H8O3S/c1-8(15(2)3)4-5-16-9-6-10(12)11(13)14-7-9;1-6-2-4-7(5-3-6)11(8,9)10/h6-8H,4-5H2,1-3H3;2-5H,1H3,(H,8,9,10). The van der Waals surface area contributed by atoms with Crippen LogP contribution in [0.15, 0.2) is 45.9 Å². The predicted octanol–water partition coefficient (Wildman–Crippen LogP) is 4.46. The van der Waals surface area contributed by atoms with Crippen molar-refractivity contribution in [2.45, 2.75) is 31.2 Å². The zero-order chi connectivity index (χ0) is 20.6. The van der Waals surface area contributed by atoms with Gasteiger partial charge in [0.05, 0.1) is 22.2 Å². The molecule has 0 amide bonds. The van der Waals surface area contributed by atoms with Gasteiger partial charge in [0.15, 0.2) is 0 Å². The SMILES string of the molecule is CC(CCOc1cnc(Cl)c(Br)c1)N(C)C.Cc1ccc(S(=O)(=O)O)cc1. The number of hydrogen-bond donors (Lipinski definition) is 1. The van der Waals surface area contributed by atoms with Crippen LogP contribution in [0.25, 0.3) is 0 Å². The van der Waals surface area contributed by atoms with Crippen molar-refractivity contribution in [3.05, 3.63) is 51.7 Å². The Morgan fingerprint density at radius 3 is 2.37 bits per heavy atom. The fraction of sp³-hybridized carbons (Fsp3) is 0.389. The molecule has 150 valence electrons. The van der Waals surface area contributed by atoms with E-state index in [-0.39, 0.29) is 4.90 Å². The molecule has 1 aromatic carbocycles. The summed E-state index contributed by atoms with van der Waals surface area (Å²) in [6.07, 6.45) is 2.61. The third kappa shape index (κ3) is 9.03. The van der Waals surface area contributed by atoms with Crippen LogP contribution >= 0.6 is 27.5 Å². The Balaban J connectivity index is 0.000000289. The number of ether oxygens (including phenoxy) is 1. The van der Waals surface area contributed by atoms with Crippen LogP contribution < -0.4 is 4.74 Å². The van der Waals surface area contributed by atoms with Crippen LogP contribution in [0.3, 0.4) is 0 Å². The molecule has 0 saturated carbocycles. The van der Waals surface area contributed by atoms with Crippen molar-refractivity contribution in [2.24, 2.45) is 0 Å². The maximum absolute atomic E-state index is 10.5. The molecule has 2 aromatic rings. The highest BCUT2D eigenvalue weighted by Crippen LogP contribution is 2.24. The lowest BCUT2D eigenvalue weighted by Crippen LogP contribution is -2.26. The van der Waals surface area contributed by atoms with Gasteiger partial charge in [-0.25, -0.2) is 4.98 Å².